The summed E-state index contributed by atoms with van der Waals surface area (Å²) in [5, 5.41) is 67.1. The van der Waals surface area contributed by atoms with Crippen LogP contribution in [-0.2, 0) is 47.4 Å². The Kier molecular flexibility index (Phi) is 13.5. The number of cyclic esters (lactones) is 1. The minimum absolute atomic E-state index is 0.00231. The van der Waals surface area contributed by atoms with Crippen LogP contribution in [0.25, 0.3) is 0 Å². The fraction of sp³-hybridized carbons (Fsp3) is 0.936. The molecule has 4 saturated carbocycles. The second-order valence-corrected chi connectivity index (χ2v) is 21.6. The number of carbonyl (C=O) groups excluding carboxylic acids is 1. The standard InChI is InChI=1S/C47H75NO16/c1-21-38(48)39(53)40(54)44(60-21)64-43-24(4)59-37(19-33(43)51)63-42-23(3)58-36(18-32(42)50)62-41-22(2)57-35(17-31(41)49)61-27-9-12-45(5)26(16-27)7-8-30-29(45)10-13-46(6)28(11-14-47(30,46)55)25-15-34(52)56-20-25/h15,21-24,26-33,35-44,49-51,53-55H,7-14,16-20,48H2,1-6H3/t21?,22?,23?,24?,26-,27+,28-,29?,30-,31-,32-,33-,35+,36+,37+,38+,39?,40+,41?,42?,43?,44+,45?,46?,47+/m1/s1. The fourth-order valence-electron chi connectivity index (χ4n) is 14.3. The molecule has 11 unspecified atom stereocenters. The van der Waals surface area contributed by atoms with Crippen LogP contribution in [0.2, 0.25) is 0 Å². The van der Waals surface area contributed by atoms with Crippen molar-refractivity contribution in [3.63, 3.8) is 0 Å². The Morgan fingerprint density at radius 1 is 0.641 bits per heavy atom. The average molecular weight is 910 g/mol. The van der Waals surface area contributed by atoms with Crippen molar-refractivity contribution in [3.05, 3.63) is 11.6 Å². The summed E-state index contributed by atoms with van der Waals surface area (Å²) in [4.78, 5) is 12.0. The van der Waals surface area contributed by atoms with Crippen LogP contribution in [0.3, 0.4) is 0 Å². The predicted molar refractivity (Wildman–Crippen MR) is 224 cm³/mol. The Morgan fingerprint density at radius 2 is 1.22 bits per heavy atom. The second kappa shape index (κ2) is 18.2. The van der Waals surface area contributed by atoms with E-state index < -0.39 is 110 Å². The van der Waals surface area contributed by atoms with Gasteiger partial charge in [-0.1, -0.05) is 13.8 Å². The van der Waals surface area contributed by atoms with Crippen molar-refractivity contribution >= 4 is 5.97 Å². The number of hydrogen-bond donors (Lipinski definition) is 7. The lowest BCUT2D eigenvalue weighted by Crippen LogP contribution is -2.63. The van der Waals surface area contributed by atoms with Gasteiger partial charge in [0.15, 0.2) is 25.2 Å². The van der Waals surface area contributed by atoms with E-state index >= 15 is 0 Å². The third-order valence-electron chi connectivity index (χ3n) is 18.0. The van der Waals surface area contributed by atoms with Gasteiger partial charge in [0.1, 0.15) is 37.1 Å². The van der Waals surface area contributed by atoms with Gasteiger partial charge in [-0.05, 0) is 120 Å². The molecule has 4 saturated heterocycles. The smallest absolute Gasteiger partial charge is 0.331 e. The molecular weight excluding hydrogens is 835 g/mol. The van der Waals surface area contributed by atoms with Crippen LogP contribution in [0.4, 0.5) is 0 Å². The molecule has 0 bridgehead atoms. The molecule has 9 aliphatic rings. The van der Waals surface area contributed by atoms with Crippen LogP contribution in [0, 0.1) is 34.5 Å². The number of aliphatic hydroxyl groups is 6. The van der Waals surface area contributed by atoms with Gasteiger partial charge in [0, 0.05) is 30.8 Å². The van der Waals surface area contributed by atoms with Gasteiger partial charge in [-0.2, -0.15) is 0 Å². The van der Waals surface area contributed by atoms with Gasteiger partial charge in [0.05, 0.1) is 60.5 Å². The van der Waals surface area contributed by atoms with Gasteiger partial charge in [-0.15, -0.1) is 0 Å². The molecule has 364 valence electrons. The Hall–Kier alpha value is -1.39. The van der Waals surface area contributed by atoms with Crippen LogP contribution in [0.15, 0.2) is 11.6 Å². The summed E-state index contributed by atoms with van der Waals surface area (Å²) in [5.74, 6) is 1.05. The highest BCUT2D eigenvalue weighted by molar-refractivity contribution is 5.85. The Balaban J connectivity index is 0.731. The van der Waals surface area contributed by atoms with Gasteiger partial charge >= 0.3 is 5.97 Å². The molecule has 64 heavy (non-hydrogen) atoms. The molecule has 0 spiro atoms. The Morgan fingerprint density at radius 3 is 1.78 bits per heavy atom. The largest absolute Gasteiger partial charge is 0.458 e. The van der Waals surface area contributed by atoms with Crippen LogP contribution in [0.5, 0.6) is 0 Å². The van der Waals surface area contributed by atoms with Gasteiger partial charge < -0.3 is 79.0 Å². The average Bonchev–Trinajstić information content (AvgIpc) is 3.79. The molecule has 5 aliphatic heterocycles. The maximum absolute atomic E-state index is 12.6. The molecule has 17 nitrogen and oxygen atoms in total. The summed E-state index contributed by atoms with van der Waals surface area (Å²) in [6.07, 6.45) is -3.54. The van der Waals surface area contributed by atoms with Crippen molar-refractivity contribution in [1.29, 1.82) is 0 Å². The minimum Gasteiger partial charge on any atom is -0.458 e. The molecule has 9 rings (SSSR count). The molecule has 0 amide bonds. The lowest BCUT2D eigenvalue weighted by molar-refractivity contribution is -0.348. The molecule has 5 heterocycles. The normalized spacial score (nSPS) is 55.5. The molecule has 25 atom stereocenters. The molecule has 8 fully saturated rings. The molecule has 4 aliphatic carbocycles. The van der Waals surface area contributed by atoms with E-state index in [1.165, 1.54) is 0 Å². The number of hydrogen-bond acceptors (Lipinski definition) is 17. The van der Waals surface area contributed by atoms with Crippen LogP contribution < -0.4 is 5.73 Å². The first-order valence-electron chi connectivity index (χ1n) is 24.3. The molecule has 0 aromatic carbocycles. The highest BCUT2D eigenvalue weighted by atomic mass is 16.8. The van der Waals surface area contributed by atoms with Gasteiger partial charge in [-0.3, -0.25) is 0 Å². The lowest BCUT2D eigenvalue weighted by atomic mass is 9.43. The summed E-state index contributed by atoms with van der Waals surface area (Å²) >= 11 is 0. The van der Waals surface area contributed by atoms with E-state index in [1.807, 2.05) is 6.92 Å². The molecule has 0 aromatic heterocycles. The lowest BCUT2D eigenvalue weighted by Gasteiger charge is -2.64. The van der Waals surface area contributed by atoms with Gasteiger partial charge in [-0.25, -0.2) is 4.79 Å². The molecule has 0 aromatic rings. The Labute approximate surface area is 376 Å². The van der Waals surface area contributed by atoms with Crippen molar-refractivity contribution < 1.29 is 78.1 Å². The highest BCUT2D eigenvalue weighted by Crippen LogP contribution is 2.70. The zero-order valence-electron chi connectivity index (χ0n) is 38.3. The molecular formula is C47H75NO16. The number of nitrogens with two attached hydrogens (primary N) is 1. The van der Waals surface area contributed by atoms with Crippen LogP contribution >= 0.6 is 0 Å². The SMILES string of the molecule is CC1O[C@@H](OC2C(C)O[C@@H](O[C@H]3CCC4(C)C5CCC6(C)[C@@H](C7=CC(=O)OC7)CC[C@]6(O)[C@@H]5CC[C@@H]4C3)C[C@H]2O)C[C@@H](O)C1O[C@H]1C[C@@H](O)C(O[C@@H]2OC(C)[C@H](N)C(O)[C@@H]2O)C(C)O1. The number of carbonyl (C=O) groups is 1. The van der Waals surface area contributed by atoms with Gasteiger partial charge in [0.25, 0.3) is 0 Å². The number of aliphatic hydroxyl groups excluding tert-OH is 5. The van der Waals surface area contributed by atoms with E-state index in [1.54, 1.807) is 26.8 Å². The van der Waals surface area contributed by atoms with E-state index in [-0.39, 0.29) is 54.0 Å². The second-order valence-electron chi connectivity index (χ2n) is 21.6. The zero-order chi connectivity index (χ0) is 45.6. The maximum atomic E-state index is 12.6. The summed E-state index contributed by atoms with van der Waals surface area (Å²) in [6, 6.07) is -0.789. The Bertz CT molecular complexity index is 1670. The summed E-state index contributed by atoms with van der Waals surface area (Å²) in [6.45, 7) is 12.0. The van der Waals surface area contributed by atoms with Crippen molar-refractivity contribution in [2.24, 2.45) is 40.2 Å². The first-order chi connectivity index (χ1) is 30.3. The van der Waals surface area contributed by atoms with Crippen LogP contribution in [0.1, 0.15) is 119 Å². The predicted octanol–water partition coefficient (Wildman–Crippen LogP) is 2.07. The van der Waals surface area contributed by atoms with Crippen molar-refractivity contribution in [3.8, 4) is 0 Å². The van der Waals surface area contributed by atoms with E-state index in [0.717, 1.165) is 63.4 Å². The first kappa shape index (κ1) is 47.7. The summed E-state index contributed by atoms with van der Waals surface area (Å²) in [5.41, 5.74) is 6.05. The molecule has 8 N–H and O–H groups in total. The van der Waals surface area contributed by atoms with Crippen molar-refractivity contribution in [2.75, 3.05) is 6.61 Å². The first-order valence-corrected chi connectivity index (χ1v) is 24.3. The zero-order valence-corrected chi connectivity index (χ0v) is 38.3. The summed E-state index contributed by atoms with van der Waals surface area (Å²) < 4.78 is 54.5. The van der Waals surface area contributed by atoms with E-state index in [0.29, 0.717) is 18.4 Å². The van der Waals surface area contributed by atoms with E-state index in [2.05, 4.69) is 13.8 Å². The topological polar surface area (TPSA) is 248 Å². The number of fused-ring (bicyclic) bond motifs is 5. The van der Waals surface area contributed by atoms with Crippen molar-refractivity contribution in [2.45, 2.75) is 235 Å². The third kappa shape index (κ3) is 8.45. The fourth-order valence-corrected chi connectivity index (χ4v) is 14.3. The van der Waals surface area contributed by atoms with Crippen LogP contribution in [-0.4, -0.2) is 159 Å². The molecule has 17 heteroatoms. The highest BCUT2D eigenvalue weighted by Gasteiger charge is 2.68. The van der Waals surface area contributed by atoms with Gasteiger partial charge in [0.2, 0.25) is 0 Å². The van der Waals surface area contributed by atoms with E-state index in [9.17, 15) is 35.4 Å². The number of ether oxygens (including phenoxy) is 9. The summed E-state index contributed by atoms with van der Waals surface area (Å²) in [7, 11) is 0. The molecule has 0 radical (unpaired) electrons. The van der Waals surface area contributed by atoms with E-state index in [4.69, 9.17) is 48.4 Å². The number of esters is 1. The quantitative estimate of drug-likeness (QED) is 0.129. The minimum atomic E-state index is -1.41. The van der Waals surface area contributed by atoms with Crippen molar-refractivity contribution in [1.82, 2.24) is 0 Å². The third-order valence-corrected chi connectivity index (χ3v) is 18.0. The maximum Gasteiger partial charge on any atom is 0.331 e. The monoisotopic (exact) mass is 910 g/mol. The number of rotatable bonds is 9.